The first kappa shape index (κ1) is 28.8. The zero-order valence-corrected chi connectivity index (χ0v) is 23.0. The SMILES string of the molecule is COC(=O)C(Cc1ccc(N/C(=C2\C(=O)Nc3ccc([N+](=O)[O-])cc32)c2ccccc2)cc1)NC(=O)OC(C)(C)C. The minimum Gasteiger partial charge on any atom is -0.467 e. The third kappa shape index (κ3) is 7.07. The Balaban J connectivity index is 1.63. The van der Waals surface area contributed by atoms with E-state index in [1.54, 1.807) is 45.0 Å². The minimum atomic E-state index is -0.967. The number of hydrogen-bond donors (Lipinski definition) is 3. The van der Waals surface area contributed by atoms with Gasteiger partial charge in [0, 0.05) is 35.5 Å². The van der Waals surface area contributed by atoms with Crippen molar-refractivity contribution < 1.29 is 28.8 Å². The molecule has 0 radical (unpaired) electrons. The molecule has 0 bridgehead atoms. The molecule has 1 heterocycles. The van der Waals surface area contributed by atoms with Crippen LogP contribution in [0.3, 0.4) is 0 Å². The van der Waals surface area contributed by atoms with E-state index in [0.29, 0.717) is 28.2 Å². The Morgan fingerprint density at radius 3 is 2.32 bits per heavy atom. The number of ether oxygens (including phenoxy) is 2. The van der Waals surface area contributed by atoms with Crippen LogP contribution < -0.4 is 16.0 Å². The molecule has 1 unspecified atom stereocenters. The molecule has 2 amide bonds. The van der Waals surface area contributed by atoms with E-state index in [9.17, 15) is 24.5 Å². The Morgan fingerprint density at radius 2 is 1.71 bits per heavy atom. The largest absolute Gasteiger partial charge is 0.467 e. The zero-order chi connectivity index (χ0) is 29.7. The number of benzene rings is 3. The summed E-state index contributed by atoms with van der Waals surface area (Å²) >= 11 is 0. The Hall–Kier alpha value is -5.19. The Labute approximate surface area is 236 Å². The maximum atomic E-state index is 13.1. The van der Waals surface area contributed by atoms with Crippen LogP contribution in [-0.4, -0.2) is 41.6 Å². The zero-order valence-electron chi connectivity index (χ0n) is 23.0. The number of fused-ring (bicyclic) bond motifs is 1. The molecule has 212 valence electrons. The van der Waals surface area contributed by atoms with E-state index in [1.165, 1.54) is 25.3 Å². The molecule has 3 aromatic carbocycles. The van der Waals surface area contributed by atoms with Crippen LogP contribution in [0, 0.1) is 10.1 Å². The van der Waals surface area contributed by atoms with Crippen molar-refractivity contribution >= 4 is 46.3 Å². The van der Waals surface area contributed by atoms with Gasteiger partial charge in [-0.2, -0.15) is 0 Å². The molecule has 4 rings (SSSR count). The fourth-order valence-corrected chi connectivity index (χ4v) is 4.29. The fourth-order valence-electron chi connectivity index (χ4n) is 4.29. The maximum Gasteiger partial charge on any atom is 0.408 e. The van der Waals surface area contributed by atoms with E-state index in [2.05, 4.69) is 16.0 Å². The highest BCUT2D eigenvalue weighted by Crippen LogP contribution is 2.39. The quantitative estimate of drug-likeness (QED) is 0.149. The number of non-ortho nitro benzene ring substituents is 1. The van der Waals surface area contributed by atoms with Crippen LogP contribution in [0.15, 0.2) is 72.8 Å². The van der Waals surface area contributed by atoms with Crippen LogP contribution in [0.1, 0.15) is 37.5 Å². The topological polar surface area (TPSA) is 149 Å². The average molecular weight is 559 g/mol. The molecule has 41 heavy (non-hydrogen) atoms. The first-order chi connectivity index (χ1) is 19.4. The van der Waals surface area contributed by atoms with Gasteiger partial charge in [-0.1, -0.05) is 42.5 Å². The summed E-state index contributed by atoms with van der Waals surface area (Å²) in [7, 11) is 1.24. The molecule has 0 aliphatic carbocycles. The monoisotopic (exact) mass is 558 g/mol. The molecule has 0 saturated carbocycles. The van der Waals surface area contributed by atoms with Crippen molar-refractivity contribution in [3.63, 3.8) is 0 Å². The fraction of sp³-hybridized carbons (Fsp3) is 0.233. The number of methoxy groups -OCH3 is 1. The lowest BCUT2D eigenvalue weighted by atomic mass is 9.99. The van der Waals surface area contributed by atoms with Gasteiger partial charge in [0.25, 0.3) is 11.6 Å². The summed E-state index contributed by atoms with van der Waals surface area (Å²) in [5.41, 5.74) is 2.83. The first-order valence-corrected chi connectivity index (χ1v) is 12.8. The molecule has 1 aliphatic rings. The van der Waals surface area contributed by atoms with Crippen LogP contribution in [0.5, 0.6) is 0 Å². The van der Waals surface area contributed by atoms with Gasteiger partial charge < -0.3 is 25.4 Å². The number of nitro benzene ring substituents is 1. The maximum absolute atomic E-state index is 13.1. The van der Waals surface area contributed by atoms with Crippen molar-refractivity contribution in [2.45, 2.75) is 38.8 Å². The standard InChI is InChI=1S/C30H30N4O7/c1-30(2,3)41-29(37)33-24(28(36)40-4)16-18-10-12-20(13-11-18)31-26(19-8-6-5-7-9-19)25-22-17-21(34(38)39)14-15-23(22)32-27(25)35/h5-15,17,24,31H,16H2,1-4H3,(H,32,35)(H,33,37)/b26-25-. The summed E-state index contributed by atoms with van der Waals surface area (Å²) in [6.07, 6.45) is -0.584. The molecule has 11 nitrogen and oxygen atoms in total. The van der Waals surface area contributed by atoms with Gasteiger partial charge >= 0.3 is 12.1 Å². The smallest absolute Gasteiger partial charge is 0.408 e. The van der Waals surface area contributed by atoms with Crippen LogP contribution in [0.25, 0.3) is 11.3 Å². The number of carbonyl (C=O) groups is 3. The normalized spacial score (nSPS) is 14.3. The summed E-state index contributed by atoms with van der Waals surface area (Å²) in [6.45, 7) is 5.17. The highest BCUT2D eigenvalue weighted by molar-refractivity contribution is 6.37. The summed E-state index contributed by atoms with van der Waals surface area (Å²) in [4.78, 5) is 48.6. The number of nitrogens with one attached hydrogen (secondary N) is 3. The molecular formula is C30H30N4O7. The van der Waals surface area contributed by atoms with Gasteiger partial charge in [-0.15, -0.1) is 0 Å². The second kappa shape index (κ2) is 11.9. The molecule has 0 spiro atoms. The number of nitrogens with zero attached hydrogens (tertiary/aromatic N) is 1. The number of rotatable bonds is 8. The van der Waals surface area contributed by atoms with E-state index >= 15 is 0 Å². The van der Waals surface area contributed by atoms with Crippen molar-refractivity contribution in [3.8, 4) is 0 Å². The predicted octanol–water partition coefficient (Wildman–Crippen LogP) is 5.14. The number of carbonyl (C=O) groups excluding carboxylic acids is 3. The van der Waals surface area contributed by atoms with E-state index in [4.69, 9.17) is 9.47 Å². The van der Waals surface area contributed by atoms with Crippen molar-refractivity contribution in [2.24, 2.45) is 0 Å². The molecule has 1 atom stereocenters. The molecular weight excluding hydrogens is 528 g/mol. The molecule has 1 aliphatic heterocycles. The predicted molar refractivity (Wildman–Crippen MR) is 154 cm³/mol. The van der Waals surface area contributed by atoms with Crippen molar-refractivity contribution in [2.75, 3.05) is 17.7 Å². The Bertz CT molecular complexity index is 1510. The van der Waals surface area contributed by atoms with E-state index in [0.717, 1.165) is 5.56 Å². The van der Waals surface area contributed by atoms with Gasteiger partial charge in [-0.25, -0.2) is 9.59 Å². The number of hydrogen-bond acceptors (Lipinski definition) is 8. The molecule has 0 fully saturated rings. The summed E-state index contributed by atoms with van der Waals surface area (Å²) in [5, 5.41) is 20.0. The lowest BCUT2D eigenvalue weighted by Crippen LogP contribution is -2.45. The Kier molecular flexibility index (Phi) is 8.37. The number of amides is 2. The number of anilines is 2. The van der Waals surface area contributed by atoms with E-state index in [-0.39, 0.29) is 17.7 Å². The van der Waals surface area contributed by atoms with Gasteiger partial charge in [0.1, 0.15) is 11.6 Å². The third-order valence-corrected chi connectivity index (χ3v) is 6.11. The lowest BCUT2D eigenvalue weighted by molar-refractivity contribution is -0.384. The third-order valence-electron chi connectivity index (χ3n) is 6.11. The number of nitro groups is 1. The second-order valence-electron chi connectivity index (χ2n) is 10.3. The first-order valence-electron chi connectivity index (χ1n) is 12.8. The van der Waals surface area contributed by atoms with Crippen LogP contribution >= 0.6 is 0 Å². The molecule has 11 heteroatoms. The Morgan fingerprint density at radius 1 is 1.02 bits per heavy atom. The van der Waals surface area contributed by atoms with Crippen molar-refractivity contribution in [3.05, 3.63) is 99.6 Å². The van der Waals surface area contributed by atoms with Gasteiger partial charge in [-0.05, 0) is 50.1 Å². The van der Waals surface area contributed by atoms with Gasteiger partial charge in [0.2, 0.25) is 0 Å². The van der Waals surface area contributed by atoms with Crippen LogP contribution in [-0.2, 0) is 25.5 Å². The lowest BCUT2D eigenvalue weighted by Gasteiger charge is -2.22. The van der Waals surface area contributed by atoms with Crippen molar-refractivity contribution in [1.82, 2.24) is 5.32 Å². The average Bonchev–Trinajstić information content (AvgIpc) is 3.25. The highest BCUT2D eigenvalue weighted by Gasteiger charge is 2.30. The van der Waals surface area contributed by atoms with Crippen LogP contribution in [0.4, 0.5) is 21.9 Å². The second-order valence-corrected chi connectivity index (χ2v) is 10.3. The van der Waals surface area contributed by atoms with Gasteiger partial charge in [0.15, 0.2) is 0 Å². The van der Waals surface area contributed by atoms with Crippen molar-refractivity contribution in [1.29, 1.82) is 0 Å². The molecule has 0 aromatic heterocycles. The van der Waals surface area contributed by atoms with Gasteiger partial charge in [-0.3, -0.25) is 14.9 Å². The summed E-state index contributed by atoms with van der Waals surface area (Å²) in [6, 6.07) is 19.5. The molecule has 3 N–H and O–H groups in total. The van der Waals surface area contributed by atoms with E-state index in [1.807, 2.05) is 30.3 Å². The highest BCUT2D eigenvalue weighted by atomic mass is 16.6. The van der Waals surface area contributed by atoms with Gasteiger partial charge in [0.05, 0.1) is 23.3 Å². The molecule has 3 aromatic rings. The number of alkyl carbamates (subject to hydrolysis) is 1. The van der Waals surface area contributed by atoms with Crippen LogP contribution in [0.2, 0.25) is 0 Å². The molecule has 0 saturated heterocycles. The summed E-state index contributed by atoms with van der Waals surface area (Å²) in [5.74, 6) is -1.01. The summed E-state index contributed by atoms with van der Waals surface area (Å²) < 4.78 is 10.1. The van der Waals surface area contributed by atoms with E-state index < -0.39 is 34.5 Å². The minimum absolute atomic E-state index is 0.130. The number of esters is 1.